The number of nitrogens with zero attached hydrogens (tertiary/aromatic N) is 6. The number of imidazole rings is 1. The summed E-state index contributed by atoms with van der Waals surface area (Å²) in [6.07, 6.45) is 4.35. The maximum atomic E-state index is 15.3. The summed E-state index contributed by atoms with van der Waals surface area (Å²) in [6.45, 7) is 2.58. The van der Waals surface area contributed by atoms with E-state index < -0.39 is 17.5 Å². The molecular weight excluding hydrogens is 723 g/mol. The number of amides is 3. The van der Waals surface area contributed by atoms with Gasteiger partial charge in [-0.15, -0.1) is 0 Å². The van der Waals surface area contributed by atoms with Crippen LogP contribution in [0.2, 0.25) is 5.02 Å². The van der Waals surface area contributed by atoms with Gasteiger partial charge in [0.1, 0.15) is 0 Å². The van der Waals surface area contributed by atoms with E-state index in [0.717, 1.165) is 0 Å². The molecule has 0 aliphatic carbocycles. The van der Waals surface area contributed by atoms with Gasteiger partial charge >= 0.3 is 0 Å². The number of alkyl halides is 1. The van der Waals surface area contributed by atoms with Crippen LogP contribution in [0.5, 0.6) is 0 Å². The summed E-state index contributed by atoms with van der Waals surface area (Å²) in [5.74, 6) is -3.04. The fourth-order valence-corrected chi connectivity index (χ4v) is 5.76. The number of benzene rings is 2. The Hall–Kier alpha value is -3.89. The van der Waals surface area contributed by atoms with Crippen LogP contribution >= 0.6 is 34.2 Å². The molecule has 236 valence electrons. The van der Waals surface area contributed by atoms with E-state index in [4.69, 9.17) is 16.3 Å². The molecule has 2 aromatic heterocycles. The zero-order valence-corrected chi connectivity index (χ0v) is 27.3. The van der Waals surface area contributed by atoms with Gasteiger partial charge in [-0.1, -0.05) is 40.3 Å². The predicted octanol–water partition coefficient (Wildman–Crippen LogP) is 4.50. The third-order valence-electron chi connectivity index (χ3n) is 7.51. The van der Waals surface area contributed by atoms with Crippen molar-refractivity contribution in [1.29, 1.82) is 0 Å². The summed E-state index contributed by atoms with van der Waals surface area (Å²) in [7, 11) is 3.08. The summed E-state index contributed by atoms with van der Waals surface area (Å²) in [6, 6.07) is 7.40. The van der Waals surface area contributed by atoms with Gasteiger partial charge in [0.25, 0.3) is 11.8 Å². The first kappa shape index (κ1) is 32.5. The van der Waals surface area contributed by atoms with E-state index in [1.54, 1.807) is 33.9 Å². The quantitative estimate of drug-likeness (QED) is 0.199. The molecule has 0 radical (unpaired) electrons. The second kappa shape index (κ2) is 14.0. The number of methoxy groups -OCH3 is 1. The van der Waals surface area contributed by atoms with Crippen LogP contribution in [0.3, 0.4) is 0 Å². The standard InChI is InChI=1S/C30H29ClF2IN7O4/c1-38-24(22-6-5-20(26(32)27(22)33)18-15-36-41(17-18)11-12-45-2)16-35-28(38)29(43)37-19-3-4-21(23(31)13-19)30(44)40-9-7-39(8-10-40)25(42)14-34/h3-6,13,15-17H,7-12,14H2,1-2H3,(H,37,43). The van der Waals surface area contributed by atoms with E-state index in [9.17, 15) is 14.4 Å². The second-order valence-corrected chi connectivity index (χ2v) is 11.4. The van der Waals surface area contributed by atoms with Crippen LogP contribution in [0.4, 0.5) is 14.5 Å². The van der Waals surface area contributed by atoms with Crippen molar-refractivity contribution in [1.82, 2.24) is 29.1 Å². The Labute approximate surface area is 276 Å². The highest BCUT2D eigenvalue weighted by Gasteiger charge is 2.26. The Morgan fingerprint density at radius 2 is 1.71 bits per heavy atom. The van der Waals surface area contributed by atoms with Crippen molar-refractivity contribution in [3.05, 3.63) is 77.0 Å². The minimum absolute atomic E-state index is 0.0364. The smallest absolute Gasteiger partial charge is 0.291 e. The number of ether oxygens (including phenoxy) is 1. The minimum Gasteiger partial charge on any atom is -0.383 e. The highest BCUT2D eigenvalue weighted by Crippen LogP contribution is 2.32. The molecule has 11 nitrogen and oxygen atoms in total. The number of carbonyl (C=O) groups is 3. The summed E-state index contributed by atoms with van der Waals surface area (Å²) < 4.78 is 38.8. The van der Waals surface area contributed by atoms with Gasteiger partial charge in [-0.2, -0.15) is 5.10 Å². The van der Waals surface area contributed by atoms with Gasteiger partial charge < -0.3 is 24.4 Å². The monoisotopic (exact) mass is 751 g/mol. The first-order valence-corrected chi connectivity index (χ1v) is 15.8. The van der Waals surface area contributed by atoms with E-state index in [1.807, 2.05) is 22.6 Å². The lowest BCUT2D eigenvalue weighted by atomic mass is 10.0. The maximum Gasteiger partial charge on any atom is 0.291 e. The number of aromatic nitrogens is 4. The summed E-state index contributed by atoms with van der Waals surface area (Å²) in [5.41, 5.74) is 1.17. The van der Waals surface area contributed by atoms with Gasteiger partial charge in [-0.3, -0.25) is 19.1 Å². The fraction of sp³-hybridized carbons (Fsp3) is 0.300. The molecular formula is C30H29ClF2IN7O4. The third kappa shape index (κ3) is 6.87. The van der Waals surface area contributed by atoms with Gasteiger partial charge in [0.05, 0.1) is 46.3 Å². The first-order chi connectivity index (χ1) is 21.6. The van der Waals surface area contributed by atoms with Crippen molar-refractivity contribution in [2.24, 2.45) is 7.05 Å². The molecule has 0 bridgehead atoms. The van der Waals surface area contributed by atoms with Crippen molar-refractivity contribution in [3.63, 3.8) is 0 Å². The maximum absolute atomic E-state index is 15.3. The third-order valence-corrected chi connectivity index (χ3v) is 8.47. The first-order valence-electron chi connectivity index (χ1n) is 13.9. The number of halogens is 4. The summed E-state index contributed by atoms with van der Waals surface area (Å²) in [4.78, 5) is 45.6. The fourth-order valence-electron chi connectivity index (χ4n) is 5.02. The minimum atomic E-state index is -1.09. The van der Waals surface area contributed by atoms with E-state index in [-0.39, 0.29) is 45.0 Å². The second-order valence-electron chi connectivity index (χ2n) is 10.3. The number of piperazine rings is 1. The van der Waals surface area contributed by atoms with Crippen molar-refractivity contribution in [2.45, 2.75) is 6.54 Å². The molecule has 1 aliphatic rings. The molecule has 4 aromatic rings. The largest absolute Gasteiger partial charge is 0.383 e. The number of carbonyl (C=O) groups excluding carboxylic acids is 3. The number of rotatable bonds is 9. The van der Waals surface area contributed by atoms with Crippen LogP contribution in [-0.4, -0.2) is 91.2 Å². The molecule has 1 aliphatic heterocycles. The van der Waals surface area contributed by atoms with Gasteiger partial charge in [0, 0.05) is 68.9 Å². The van der Waals surface area contributed by atoms with Gasteiger partial charge in [-0.05, 0) is 24.3 Å². The topological polar surface area (TPSA) is 115 Å². The molecule has 0 saturated carbocycles. The van der Waals surface area contributed by atoms with Crippen LogP contribution in [0.15, 0.2) is 48.9 Å². The van der Waals surface area contributed by atoms with Crippen LogP contribution < -0.4 is 5.32 Å². The predicted molar refractivity (Wildman–Crippen MR) is 172 cm³/mol. The molecule has 3 amide bonds. The Morgan fingerprint density at radius 1 is 1.02 bits per heavy atom. The lowest BCUT2D eigenvalue weighted by Crippen LogP contribution is -2.51. The van der Waals surface area contributed by atoms with Crippen molar-refractivity contribution in [2.75, 3.05) is 49.6 Å². The lowest BCUT2D eigenvalue weighted by molar-refractivity contribution is -0.129. The Kier molecular flexibility index (Phi) is 10.1. The van der Waals surface area contributed by atoms with E-state index in [2.05, 4.69) is 15.4 Å². The zero-order valence-electron chi connectivity index (χ0n) is 24.4. The number of hydrogen-bond acceptors (Lipinski definition) is 6. The molecule has 15 heteroatoms. The van der Waals surface area contributed by atoms with Crippen LogP contribution in [0.25, 0.3) is 22.4 Å². The van der Waals surface area contributed by atoms with Gasteiger partial charge in [0.15, 0.2) is 17.5 Å². The lowest BCUT2D eigenvalue weighted by Gasteiger charge is -2.34. The Morgan fingerprint density at radius 3 is 2.40 bits per heavy atom. The summed E-state index contributed by atoms with van der Waals surface area (Å²) in [5, 5.41) is 6.98. The van der Waals surface area contributed by atoms with Crippen molar-refractivity contribution >= 4 is 57.6 Å². The molecule has 0 unspecified atom stereocenters. The Balaban J connectivity index is 1.28. The highest BCUT2D eigenvalue weighted by molar-refractivity contribution is 14.1. The zero-order chi connectivity index (χ0) is 32.2. The molecule has 0 atom stereocenters. The Bertz CT molecular complexity index is 1750. The normalized spacial score (nSPS) is 13.3. The highest BCUT2D eigenvalue weighted by atomic mass is 127. The average Bonchev–Trinajstić information content (AvgIpc) is 3.67. The number of nitrogens with one attached hydrogen (secondary N) is 1. The molecule has 1 saturated heterocycles. The van der Waals surface area contributed by atoms with Crippen LogP contribution in [0.1, 0.15) is 21.0 Å². The molecule has 5 rings (SSSR count). The van der Waals surface area contributed by atoms with Crippen molar-refractivity contribution < 1.29 is 27.9 Å². The summed E-state index contributed by atoms with van der Waals surface area (Å²) >= 11 is 8.45. The van der Waals surface area contributed by atoms with E-state index >= 15 is 8.78 Å². The number of anilines is 1. The van der Waals surface area contributed by atoms with Crippen LogP contribution in [-0.2, 0) is 23.1 Å². The molecule has 0 spiro atoms. The van der Waals surface area contributed by atoms with E-state index in [1.165, 1.54) is 48.3 Å². The van der Waals surface area contributed by atoms with Gasteiger partial charge in [-0.25, -0.2) is 13.8 Å². The average molecular weight is 752 g/mol. The van der Waals surface area contributed by atoms with E-state index in [0.29, 0.717) is 55.0 Å². The van der Waals surface area contributed by atoms with Gasteiger partial charge in [0.2, 0.25) is 5.91 Å². The molecule has 45 heavy (non-hydrogen) atoms. The van der Waals surface area contributed by atoms with Crippen molar-refractivity contribution in [3.8, 4) is 22.4 Å². The van der Waals surface area contributed by atoms with Crippen LogP contribution in [0, 0.1) is 11.6 Å². The molecule has 3 heterocycles. The molecule has 2 aromatic carbocycles. The molecule has 1 N–H and O–H groups in total. The number of hydrogen-bond donors (Lipinski definition) is 1. The molecule has 1 fully saturated rings. The SMILES string of the molecule is COCCn1cc(-c2ccc(-c3cnc(C(=O)Nc4ccc(C(=O)N5CCN(C(=O)CI)CC5)c(Cl)c4)n3C)c(F)c2F)cn1.